The highest BCUT2D eigenvalue weighted by atomic mass is 35.5. The van der Waals surface area contributed by atoms with Crippen molar-refractivity contribution >= 4 is 11.6 Å². The van der Waals surface area contributed by atoms with E-state index in [1.807, 2.05) is 0 Å². The number of hydrogen-bond donors (Lipinski definition) is 2. The van der Waals surface area contributed by atoms with Crippen molar-refractivity contribution in [3.05, 3.63) is 29.3 Å². The maximum absolute atomic E-state index is 9.88. The zero-order chi connectivity index (χ0) is 14.3. The molecule has 0 aromatic heterocycles. The molecule has 2 N–H and O–H groups in total. The predicted molar refractivity (Wildman–Crippen MR) is 79.9 cm³/mol. The third kappa shape index (κ3) is 6.81. The van der Waals surface area contributed by atoms with Crippen LogP contribution >= 0.6 is 11.6 Å². The molecule has 0 fully saturated rings. The number of hydrogen-bond acceptors (Lipinski definition) is 3. The Balaban J connectivity index is 2.28. The van der Waals surface area contributed by atoms with Gasteiger partial charge in [0.2, 0.25) is 0 Å². The van der Waals surface area contributed by atoms with Gasteiger partial charge in [-0.25, -0.2) is 0 Å². The molecule has 0 spiro atoms. The van der Waals surface area contributed by atoms with Gasteiger partial charge in [-0.05, 0) is 44.5 Å². The molecule has 19 heavy (non-hydrogen) atoms. The normalized spacial score (nSPS) is 13.3. The topological polar surface area (TPSA) is 41.5 Å². The molecule has 108 valence electrons. The van der Waals surface area contributed by atoms with Gasteiger partial charge in [0.05, 0.1) is 0 Å². The summed E-state index contributed by atoms with van der Waals surface area (Å²) in [4.78, 5) is 0. The summed E-state index contributed by atoms with van der Waals surface area (Å²) >= 11 is 5.79. The summed E-state index contributed by atoms with van der Waals surface area (Å²) in [5, 5.41) is 13.9. The van der Waals surface area contributed by atoms with E-state index in [1.54, 1.807) is 24.3 Å². The predicted octanol–water partition coefficient (Wildman–Crippen LogP) is 3.25. The fourth-order valence-corrected chi connectivity index (χ4v) is 2.02. The van der Waals surface area contributed by atoms with Crippen LogP contribution in [-0.4, -0.2) is 29.9 Å². The van der Waals surface area contributed by atoms with Gasteiger partial charge in [0.15, 0.2) is 0 Å². The second kappa shape index (κ2) is 7.73. The highest BCUT2D eigenvalue weighted by Gasteiger charge is 2.17. The molecule has 3 nitrogen and oxygen atoms in total. The van der Waals surface area contributed by atoms with E-state index in [4.69, 9.17) is 16.3 Å². The molecule has 1 rings (SSSR count). The number of nitrogens with one attached hydrogen (secondary N) is 1. The third-order valence-corrected chi connectivity index (χ3v) is 3.20. The van der Waals surface area contributed by atoms with Gasteiger partial charge in [-0.15, -0.1) is 0 Å². The van der Waals surface area contributed by atoms with Crippen LogP contribution in [0.3, 0.4) is 0 Å². The van der Waals surface area contributed by atoms with Crippen LogP contribution in [0.4, 0.5) is 0 Å². The van der Waals surface area contributed by atoms with Crippen LogP contribution in [0, 0.1) is 0 Å². The minimum absolute atomic E-state index is 0.0516. The first kappa shape index (κ1) is 16.3. The van der Waals surface area contributed by atoms with E-state index in [0.717, 1.165) is 18.6 Å². The summed E-state index contributed by atoms with van der Waals surface area (Å²) in [5.74, 6) is 0.719. The smallest absolute Gasteiger partial charge is 0.119 e. The number of β-amino-alcohol motifs (C(OH)–C–C–N with tert-alkyl or cyclic N) is 1. The largest absolute Gasteiger partial charge is 0.491 e. The summed E-state index contributed by atoms with van der Waals surface area (Å²) in [6.07, 6.45) is 1.68. The van der Waals surface area contributed by atoms with Crippen molar-refractivity contribution in [2.24, 2.45) is 0 Å². The Morgan fingerprint density at radius 1 is 1.32 bits per heavy atom. The molecule has 1 aromatic rings. The van der Waals surface area contributed by atoms with Crippen molar-refractivity contribution in [1.82, 2.24) is 5.32 Å². The second-order valence-corrected chi connectivity index (χ2v) is 5.87. The molecule has 0 saturated carbocycles. The van der Waals surface area contributed by atoms with E-state index in [-0.39, 0.29) is 12.1 Å². The summed E-state index contributed by atoms with van der Waals surface area (Å²) in [7, 11) is 0. The summed E-state index contributed by atoms with van der Waals surface area (Å²) < 4.78 is 5.50. The third-order valence-electron chi connectivity index (χ3n) is 2.95. The molecule has 0 aliphatic carbocycles. The number of aliphatic hydroxyl groups excluding tert-OH is 1. The lowest BCUT2D eigenvalue weighted by Gasteiger charge is -2.27. The van der Waals surface area contributed by atoms with Gasteiger partial charge in [-0.3, -0.25) is 0 Å². The van der Waals surface area contributed by atoms with Gasteiger partial charge >= 0.3 is 0 Å². The lowest BCUT2D eigenvalue weighted by molar-refractivity contribution is 0.0981. The quantitative estimate of drug-likeness (QED) is 0.770. The number of aliphatic hydroxyl groups is 1. The van der Waals surface area contributed by atoms with Crippen LogP contribution < -0.4 is 10.1 Å². The summed E-state index contributed by atoms with van der Waals surface area (Å²) in [6, 6.07) is 7.13. The molecule has 1 aromatic carbocycles. The van der Waals surface area contributed by atoms with Crippen molar-refractivity contribution in [2.45, 2.75) is 45.3 Å². The lowest BCUT2D eigenvalue weighted by atomic mass is 9.99. The highest BCUT2D eigenvalue weighted by Crippen LogP contribution is 2.15. The van der Waals surface area contributed by atoms with Crippen molar-refractivity contribution in [1.29, 1.82) is 0 Å². The van der Waals surface area contributed by atoms with E-state index < -0.39 is 6.10 Å². The average Bonchev–Trinajstić information content (AvgIpc) is 2.36. The van der Waals surface area contributed by atoms with E-state index in [1.165, 1.54) is 0 Å². The Morgan fingerprint density at radius 3 is 2.53 bits per heavy atom. The van der Waals surface area contributed by atoms with Crippen molar-refractivity contribution in [3.8, 4) is 5.75 Å². The number of halogens is 1. The van der Waals surface area contributed by atoms with E-state index in [2.05, 4.69) is 26.1 Å². The molecule has 1 unspecified atom stereocenters. The molecule has 0 heterocycles. The lowest BCUT2D eigenvalue weighted by Crippen LogP contribution is -2.44. The summed E-state index contributed by atoms with van der Waals surface area (Å²) in [5.41, 5.74) is 0.0516. The number of rotatable bonds is 8. The Hall–Kier alpha value is -0.770. The minimum atomic E-state index is -0.521. The first-order chi connectivity index (χ1) is 8.93. The van der Waals surface area contributed by atoms with Gasteiger partial charge in [0, 0.05) is 17.1 Å². The second-order valence-electron chi connectivity index (χ2n) is 5.43. The van der Waals surface area contributed by atoms with E-state index >= 15 is 0 Å². The van der Waals surface area contributed by atoms with Crippen molar-refractivity contribution in [3.63, 3.8) is 0 Å². The molecule has 0 aliphatic rings. The molecule has 0 saturated heterocycles. The summed E-state index contributed by atoms with van der Waals surface area (Å²) in [6.45, 7) is 7.24. The maximum atomic E-state index is 9.88. The van der Waals surface area contributed by atoms with Crippen molar-refractivity contribution in [2.75, 3.05) is 13.2 Å². The Labute approximate surface area is 120 Å². The highest BCUT2D eigenvalue weighted by molar-refractivity contribution is 6.30. The molecule has 0 radical (unpaired) electrons. The molecule has 0 bridgehead atoms. The maximum Gasteiger partial charge on any atom is 0.119 e. The zero-order valence-corrected chi connectivity index (χ0v) is 12.7. The minimum Gasteiger partial charge on any atom is -0.491 e. The average molecular weight is 286 g/mol. The van der Waals surface area contributed by atoms with Crippen LogP contribution in [-0.2, 0) is 0 Å². The van der Waals surface area contributed by atoms with E-state index in [9.17, 15) is 5.11 Å². The van der Waals surface area contributed by atoms with Gasteiger partial charge in [0.1, 0.15) is 18.5 Å². The Morgan fingerprint density at radius 2 is 1.95 bits per heavy atom. The van der Waals surface area contributed by atoms with Crippen LogP contribution in [0.1, 0.15) is 33.6 Å². The molecule has 4 heteroatoms. The first-order valence-electron chi connectivity index (χ1n) is 6.74. The van der Waals surface area contributed by atoms with Gasteiger partial charge in [-0.2, -0.15) is 0 Å². The molecule has 0 aliphatic heterocycles. The Kier molecular flexibility index (Phi) is 6.63. The number of benzene rings is 1. The van der Waals surface area contributed by atoms with Crippen LogP contribution in [0.15, 0.2) is 24.3 Å². The standard InChI is InChI=1S/C15H24ClNO2/c1-4-9-15(2,3)17-10-13(18)11-19-14-7-5-12(16)6-8-14/h5-8,13,17-18H,4,9-11H2,1-3H3. The van der Waals surface area contributed by atoms with Crippen molar-refractivity contribution < 1.29 is 9.84 Å². The Bertz CT molecular complexity index is 365. The SMILES string of the molecule is CCCC(C)(C)NCC(O)COc1ccc(Cl)cc1. The van der Waals surface area contributed by atoms with Gasteiger partial charge < -0.3 is 15.2 Å². The van der Waals surface area contributed by atoms with Gasteiger partial charge in [-0.1, -0.05) is 24.9 Å². The monoisotopic (exact) mass is 285 g/mol. The molecule has 0 amide bonds. The molecular weight excluding hydrogens is 262 g/mol. The number of ether oxygens (including phenoxy) is 1. The zero-order valence-electron chi connectivity index (χ0n) is 11.9. The molecular formula is C15H24ClNO2. The van der Waals surface area contributed by atoms with Crippen LogP contribution in [0.5, 0.6) is 5.75 Å². The fourth-order valence-electron chi connectivity index (χ4n) is 1.89. The van der Waals surface area contributed by atoms with Gasteiger partial charge in [0.25, 0.3) is 0 Å². The molecule has 1 atom stereocenters. The fraction of sp³-hybridized carbons (Fsp3) is 0.600. The van der Waals surface area contributed by atoms with Crippen LogP contribution in [0.2, 0.25) is 5.02 Å². The van der Waals surface area contributed by atoms with Crippen LogP contribution in [0.25, 0.3) is 0 Å². The van der Waals surface area contributed by atoms with E-state index in [0.29, 0.717) is 11.6 Å². The first-order valence-corrected chi connectivity index (χ1v) is 7.12.